The quantitative estimate of drug-likeness (QED) is 0.112. The third-order valence-electron chi connectivity index (χ3n) is 7.05. The number of benzene rings is 3. The summed E-state index contributed by atoms with van der Waals surface area (Å²) >= 11 is 1.18. The number of amidine groups is 1. The molecule has 6 rings (SSSR count). The number of fused-ring (bicyclic) bond motifs is 1. The normalized spacial score (nSPS) is 15.2. The highest BCUT2D eigenvalue weighted by molar-refractivity contribution is 8.18. The fourth-order valence-corrected chi connectivity index (χ4v) is 5.82. The number of aromatic amines is 1. The second-order valence-electron chi connectivity index (χ2n) is 9.80. The number of non-ortho nitro benzene ring substituents is 2. The van der Waals surface area contributed by atoms with Crippen molar-refractivity contribution in [2.24, 2.45) is 4.99 Å². The molecule has 43 heavy (non-hydrogen) atoms. The molecule has 0 spiro atoms. The van der Waals surface area contributed by atoms with Crippen LogP contribution in [0.3, 0.4) is 0 Å². The van der Waals surface area contributed by atoms with Crippen molar-refractivity contribution in [1.82, 2.24) is 9.88 Å². The van der Waals surface area contributed by atoms with Crippen molar-refractivity contribution in [1.29, 1.82) is 0 Å². The smallest absolute Gasteiger partial charge is 0.270 e. The van der Waals surface area contributed by atoms with Gasteiger partial charge in [-0.1, -0.05) is 24.3 Å². The minimum absolute atomic E-state index is 0.0450. The first-order chi connectivity index (χ1) is 20.8. The molecule has 2 aromatic heterocycles. The second-order valence-corrected chi connectivity index (χ2v) is 10.8. The summed E-state index contributed by atoms with van der Waals surface area (Å²) in [6.07, 6.45) is 4.13. The lowest BCUT2D eigenvalue weighted by Gasteiger charge is -2.15. The number of thioether (sulfide) groups is 1. The number of hydrogen-bond acceptors (Lipinski definition) is 8. The zero-order valence-electron chi connectivity index (χ0n) is 22.7. The van der Waals surface area contributed by atoms with Crippen LogP contribution in [0.1, 0.15) is 16.9 Å². The molecule has 1 aliphatic rings. The zero-order chi connectivity index (χ0) is 30.1. The third kappa shape index (κ3) is 5.68. The molecule has 5 aromatic rings. The number of hydrogen-bond donors (Lipinski definition) is 1. The number of aromatic nitrogens is 1. The molecule has 1 fully saturated rings. The van der Waals surface area contributed by atoms with Crippen LogP contribution in [0.15, 0.2) is 99.4 Å². The molecule has 1 saturated heterocycles. The van der Waals surface area contributed by atoms with Gasteiger partial charge in [-0.3, -0.25) is 29.9 Å². The molecule has 3 heterocycles. The van der Waals surface area contributed by atoms with Crippen LogP contribution in [-0.2, 0) is 11.2 Å². The number of H-pyrrole nitrogens is 1. The number of para-hydroxylation sites is 1. The van der Waals surface area contributed by atoms with Crippen molar-refractivity contribution < 1.29 is 19.1 Å². The van der Waals surface area contributed by atoms with E-state index in [1.165, 1.54) is 48.2 Å². The van der Waals surface area contributed by atoms with Gasteiger partial charge >= 0.3 is 0 Å². The molecule has 0 atom stereocenters. The Bertz CT molecular complexity index is 1960. The fourth-order valence-electron chi connectivity index (χ4n) is 4.81. The van der Waals surface area contributed by atoms with Gasteiger partial charge in [-0.05, 0) is 66.6 Å². The standard InChI is InChI=1S/C31H23N5O6S/c1-19-6-9-23(36(40)41)16-26(19)28-13-12-24(42-28)17-29-30(37)34(15-14-20-18-32-27-5-3-2-4-25(20)27)31(43-29)33-21-7-10-22(11-8-21)35(38)39/h2-13,16-18,32H,14-15H2,1H3/b29-17-,33-31?. The summed E-state index contributed by atoms with van der Waals surface area (Å²) in [7, 11) is 0. The Morgan fingerprint density at radius 2 is 1.72 bits per heavy atom. The van der Waals surface area contributed by atoms with Crippen LogP contribution in [0.25, 0.3) is 28.3 Å². The minimum atomic E-state index is -0.480. The van der Waals surface area contributed by atoms with Gasteiger partial charge in [0.25, 0.3) is 17.3 Å². The first-order valence-corrected chi connectivity index (χ1v) is 14.0. The monoisotopic (exact) mass is 593 g/mol. The molecule has 11 nitrogen and oxygen atoms in total. The Morgan fingerprint density at radius 1 is 0.977 bits per heavy atom. The predicted octanol–water partition coefficient (Wildman–Crippen LogP) is 7.40. The largest absolute Gasteiger partial charge is 0.457 e. The number of nitrogens with one attached hydrogen (secondary N) is 1. The highest BCUT2D eigenvalue weighted by Crippen LogP contribution is 2.36. The highest BCUT2D eigenvalue weighted by Gasteiger charge is 2.33. The Hall–Kier alpha value is -5.49. The van der Waals surface area contributed by atoms with Crippen LogP contribution in [0.2, 0.25) is 0 Å². The number of rotatable bonds is 8. The Kier molecular flexibility index (Phi) is 7.34. The number of nitro benzene ring substituents is 2. The van der Waals surface area contributed by atoms with E-state index in [9.17, 15) is 25.0 Å². The van der Waals surface area contributed by atoms with Gasteiger partial charge in [0.05, 0.1) is 20.4 Å². The van der Waals surface area contributed by atoms with Gasteiger partial charge in [-0.15, -0.1) is 0 Å². The number of amides is 1. The average molecular weight is 594 g/mol. The topological polar surface area (TPSA) is 148 Å². The van der Waals surface area contributed by atoms with Crippen LogP contribution >= 0.6 is 11.8 Å². The molecule has 0 bridgehead atoms. The summed E-state index contributed by atoms with van der Waals surface area (Å²) < 4.78 is 6.00. The van der Waals surface area contributed by atoms with Gasteiger partial charge in [-0.2, -0.15) is 0 Å². The van der Waals surface area contributed by atoms with E-state index in [-0.39, 0.29) is 17.3 Å². The van der Waals surface area contributed by atoms with Gasteiger partial charge in [0.1, 0.15) is 11.5 Å². The SMILES string of the molecule is Cc1ccc([N+](=O)[O-])cc1-c1ccc(/C=C2\SC(=Nc3ccc([N+](=O)[O-])cc3)N(CCc3c[nH]c4ccccc34)C2=O)o1. The summed E-state index contributed by atoms with van der Waals surface area (Å²) in [6, 6.07) is 21.7. The summed E-state index contributed by atoms with van der Waals surface area (Å²) in [4.78, 5) is 45.0. The van der Waals surface area contributed by atoms with E-state index in [0.717, 1.165) is 22.0 Å². The van der Waals surface area contributed by atoms with Gasteiger partial charge < -0.3 is 9.40 Å². The predicted molar refractivity (Wildman–Crippen MR) is 165 cm³/mol. The first-order valence-electron chi connectivity index (χ1n) is 13.2. The molecule has 1 aliphatic heterocycles. The van der Waals surface area contributed by atoms with Gasteiger partial charge in [0.2, 0.25) is 0 Å². The van der Waals surface area contributed by atoms with Crippen molar-refractivity contribution in [2.45, 2.75) is 13.3 Å². The number of nitro groups is 2. The van der Waals surface area contributed by atoms with Crippen LogP contribution in [0.4, 0.5) is 17.1 Å². The van der Waals surface area contributed by atoms with Crippen molar-refractivity contribution in [3.8, 4) is 11.3 Å². The number of carbonyl (C=O) groups is 1. The number of aryl methyl sites for hydroxylation is 1. The van der Waals surface area contributed by atoms with E-state index in [2.05, 4.69) is 9.98 Å². The molecule has 0 radical (unpaired) electrons. The second kappa shape index (κ2) is 11.4. The van der Waals surface area contributed by atoms with E-state index in [0.29, 0.717) is 45.8 Å². The third-order valence-corrected chi connectivity index (χ3v) is 8.06. The van der Waals surface area contributed by atoms with Crippen LogP contribution in [-0.4, -0.2) is 37.4 Å². The Labute approximate surface area is 248 Å². The Morgan fingerprint density at radius 3 is 2.49 bits per heavy atom. The number of nitrogens with zero attached hydrogens (tertiary/aromatic N) is 4. The maximum atomic E-state index is 13.7. The van der Waals surface area contributed by atoms with E-state index < -0.39 is 9.85 Å². The van der Waals surface area contributed by atoms with Crippen molar-refractivity contribution >= 4 is 56.9 Å². The molecule has 0 unspecified atom stereocenters. The van der Waals surface area contributed by atoms with Crippen LogP contribution in [0.5, 0.6) is 0 Å². The van der Waals surface area contributed by atoms with E-state index in [1.54, 1.807) is 29.2 Å². The van der Waals surface area contributed by atoms with Crippen LogP contribution < -0.4 is 0 Å². The lowest BCUT2D eigenvalue weighted by Crippen LogP contribution is -2.31. The van der Waals surface area contributed by atoms with E-state index in [1.807, 2.05) is 37.4 Å². The lowest BCUT2D eigenvalue weighted by atomic mass is 10.1. The zero-order valence-corrected chi connectivity index (χ0v) is 23.5. The van der Waals surface area contributed by atoms with Gasteiger partial charge in [-0.25, -0.2) is 4.99 Å². The number of furan rings is 1. The first kappa shape index (κ1) is 27.7. The summed E-state index contributed by atoms with van der Waals surface area (Å²) in [5.41, 5.74) is 3.84. The van der Waals surface area contributed by atoms with Crippen LogP contribution in [0, 0.1) is 27.2 Å². The molecular weight excluding hydrogens is 570 g/mol. The maximum absolute atomic E-state index is 13.7. The van der Waals surface area contributed by atoms with E-state index in [4.69, 9.17) is 4.42 Å². The van der Waals surface area contributed by atoms with Gasteiger partial charge in [0, 0.05) is 59.5 Å². The summed E-state index contributed by atoms with van der Waals surface area (Å²) in [5, 5.41) is 23.9. The van der Waals surface area contributed by atoms with E-state index >= 15 is 0 Å². The molecule has 0 aliphatic carbocycles. The summed E-state index contributed by atoms with van der Waals surface area (Å²) in [6.45, 7) is 2.19. The Balaban J connectivity index is 1.31. The van der Waals surface area contributed by atoms with Crippen molar-refractivity contribution in [2.75, 3.05) is 6.54 Å². The molecule has 1 amide bonds. The molecule has 0 saturated carbocycles. The van der Waals surface area contributed by atoms with Gasteiger partial charge in [0.15, 0.2) is 5.17 Å². The summed E-state index contributed by atoms with van der Waals surface area (Å²) in [5.74, 6) is 0.597. The van der Waals surface area contributed by atoms with Crippen molar-refractivity contribution in [3.63, 3.8) is 0 Å². The molecular formula is C31H23N5O6S. The van der Waals surface area contributed by atoms with Crippen molar-refractivity contribution in [3.05, 3.63) is 127 Å². The number of aliphatic imine (C=N–C) groups is 1. The number of carbonyl (C=O) groups excluding carboxylic acids is 1. The molecule has 1 N–H and O–H groups in total. The molecule has 12 heteroatoms. The highest BCUT2D eigenvalue weighted by atomic mass is 32.2. The lowest BCUT2D eigenvalue weighted by molar-refractivity contribution is -0.385. The minimum Gasteiger partial charge on any atom is -0.457 e. The molecule has 3 aromatic carbocycles. The maximum Gasteiger partial charge on any atom is 0.270 e. The fraction of sp³-hybridized carbons (Fsp3) is 0.0968. The molecule has 214 valence electrons. The average Bonchev–Trinajstić information content (AvgIpc) is 3.71.